The van der Waals surface area contributed by atoms with E-state index >= 15 is 0 Å². The second kappa shape index (κ2) is 7.14. The maximum Gasteiger partial charge on any atom is 0.0991 e. The van der Waals surface area contributed by atoms with E-state index in [-0.39, 0.29) is 0 Å². The van der Waals surface area contributed by atoms with Gasteiger partial charge < -0.3 is 0 Å². The first kappa shape index (κ1) is 13.9. The highest BCUT2D eigenvalue weighted by Gasteiger charge is 2.20. The average Bonchev–Trinajstić information content (AvgIpc) is 2.48. The molecule has 1 heteroatoms. The molecule has 1 aromatic rings. The van der Waals surface area contributed by atoms with Crippen LogP contribution in [-0.4, -0.2) is 0 Å². The second-order valence-corrected chi connectivity index (χ2v) is 5.56. The number of nitriles is 1. The van der Waals surface area contributed by atoms with Crippen LogP contribution >= 0.6 is 0 Å². The number of rotatable bonds is 4. The highest BCUT2D eigenvalue weighted by molar-refractivity contribution is 5.33. The maximum absolute atomic E-state index is 8.82. The lowest BCUT2D eigenvalue weighted by molar-refractivity contribution is 0.375. The third-order valence-electron chi connectivity index (χ3n) is 4.15. The van der Waals surface area contributed by atoms with E-state index < -0.39 is 0 Å². The van der Waals surface area contributed by atoms with Crippen molar-refractivity contribution < 1.29 is 0 Å². The summed E-state index contributed by atoms with van der Waals surface area (Å²) in [5.74, 6) is 1.49. The van der Waals surface area contributed by atoms with E-state index in [0.717, 1.165) is 11.5 Å². The Morgan fingerprint density at radius 2 is 1.84 bits per heavy atom. The van der Waals surface area contributed by atoms with Crippen LogP contribution in [0.4, 0.5) is 0 Å². The van der Waals surface area contributed by atoms with E-state index in [1.54, 1.807) is 0 Å². The average molecular weight is 253 g/mol. The van der Waals surface area contributed by atoms with Gasteiger partial charge in [0.05, 0.1) is 11.6 Å². The van der Waals surface area contributed by atoms with Crippen LogP contribution in [0.25, 0.3) is 0 Å². The second-order valence-electron chi connectivity index (χ2n) is 5.56. The smallest absolute Gasteiger partial charge is 0.0991 e. The molecule has 2 rings (SSSR count). The van der Waals surface area contributed by atoms with Gasteiger partial charge in [-0.1, -0.05) is 37.6 Å². The predicted octanol–water partition coefficient (Wildman–Crippen LogP) is 5.19. The van der Waals surface area contributed by atoms with Crippen molar-refractivity contribution in [2.75, 3.05) is 0 Å². The normalized spacial score (nSPS) is 23.4. The van der Waals surface area contributed by atoms with Crippen molar-refractivity contribution in [3.05, 3.63) is 47.5 Å². The zero-order chi connectivity index (χ0) is 13.5. The van der Waals surface area contributed by atoms with Gasteiger partial charge in [-0.3, -0.25) is 0 Å². The summed E-state index contributed by atoms with van der Waals surface area (Å²) in [7, 11) is 0. The Hall–Kier alpha value is -1.55. The van der Waals surface area contributed by atoms with Crippen LogP contribution in [0, 0.1) is 17.2 Å². The molecule has 19 heavy (non-hydrogen) atoms. The molecular weight excluding hydrogens is 230 g/mol. The number of nitrogens with zero attached hydrogens (tertiary/aromatic N) is 1. The van der Waals surface area contributed by atoms with Crippen LogP contribution in [0.15, 0.2) is 36.4 Å². The van der Waals surface area contributed by atoms with Crippen molar-refractivity contribution in [3.8, 4) is 6.07 Å². The molecular formula is C18H23N. The summed E-state index contributed by atoms with van der Waals surface area (Å²) in [5, 5.41) is 8.82. The zero-order valence-electron chi connectivity index (χ0n) is 11.8. The highest BCUT2D eigenvalue weighted by Crippen LogP contribution is 2.36. The fraction of sp³-hybridized carbons (Fsp3) is 0.500. The van der Waals surface area contributed by atoms with Crippen molar-refractivity contribution in [2.24, 2.45) is 5.92 Å². The molecule has 100 valence electrons. The molecule has 1 aliphatic carbocycles. The molecule has 0 N–H and O–H groups in total. The topological polar surface area (TPSA) is 23.8 Å². The fourth-order valence-corrected chi connectivity index (χ4v) is 2.93. The lowest BCUT2D eigenvalue weighted by atomic mass is 9.78. The van der Waals surface area contributed by atoms with Crippen LogP contribution < -0.4 is 0 Å². The molecule has 1 aliphatic rings. The molecule has 0 spiro atoms. The molecule has 0 saturated heterocycles. The monoisotopic (exact) mass is 253 g/mol. The Balaban J connectivity index is 1.87. The Kier molecular flexibility index (Phi) is 5.21. The first-order valence-electron chi connectivity index (χ1n) is 7.50. The molecule has 1 nitrogen and oxygen atoms in total. The van der Waals surface area contributed by atoms with Crippen LogP contribution in [-0.2, 0) is 0 Å². The van der Waals surface area contributed by atoms with E-state index in [4.69, 9.17) is 5.26 Å². The lowest BCUT2D eigenvalue weighted by Crippen LogP contribution is -2.11. The Labute approximate surface area is 117 Å². The molecule has 1 saturated carbocycles. The van der Waals surface area contributed by atoms with Crippen LogP contribution in [0.3, 0.4) is 0 Å². The number of hydrogen-bond acceptors (Lipinski definition) is 1. The highest BCUT2D eigenvalue weighted by atomic mass is 14.3. The summed E-state index contributed by atoms with van der Waals surface area (Å²) in [6.07, 6.45) is 12.4. The predicted molar refractivity (Wildman–Crippen MR) is 79.9 cm³/mol. The first-order chi connectivity index (χ1) is 9.33. The van der Waals surface area contributed by atoms with Gasteiger partial charge in [0.1, 0.15) is 0 Å². The van der Waals surface area contributed by atoms with Crippen LogP contribution in [0.2, 0.25) is 0 Å². The Bertz CT molecular complexity index is 442. The number of unbranched alkanes of at least 4 members (excludes halogenated alkanes) is 1. The summed E-state index contributed by atoms with van der Waals surface area (Å²) in [4.78, 5) is 0. The SMILES string of the molecule is CCCC=CC1CCC(c2ccc(C#N)cc2)CC1. The molecule has 0 bridgehead atoms. The molecule has 0 aliphatic heterocycles. The zero-order valence-corrected chi connectivity index (χ0v) is 11.8. The quantitative estimate of drug-likeness (QED) is 0.677. The Morgan fingerprint density at radius 3 is 2.42 bits per heavy atom. The molecule has 0 heterocycles. The standard InChI is InChI=1S/C18H23N/c1-2-3-4-5-15-6-10-17(11-7-15)18-12-8-16(14-19)9-13-18/h4-5,8-9,12-13,15,17H,2-3,6-7,10-11H2,1H3. The molecule has 0 aromatic heterocycles. The van der Waals surface area contributed by atoms with Gasteiger partial charge in [0.25, 0.3) is 0 Å². The van der Waals surface area contributed by atoms with E-state index in [1.807, 2.05) is 12.1 Å². The van der Waals surface area contributed by atoms with Crippen molar-refractivity contribution in [1.29, 1.82) is 5.26 Å². The van der Waals surface area contributed by atoms with Gasteiger partial charge in [-0.25, -0.2) is 0 Å². The number of benzene rings is 1. The molecule has 0 atom stereocenters. The van der Waals surface area contributed by atoms with Gasteiger partial charge in [-0.05, 0) is 61.6 Å². The molecule has 0 unspecified atom stereocenters. The van der Waals surface area contributed by atoms with E-state index in [2.05, 4.69) is 37.3 Å². The van der Waals surface area contributed by atoms with Crippen LogP contribution in [0.1, 0.15) is 62.5 Å². The van der Waals surface area contributed by atoms with Gasteiger partial charge in [0.15, 0.2) is 0 Å². The van der Waals surface area contributed by atoms with Crippen molar-refractivity contribution >= 4 is 0 Å². The fourth-order valence-electron chi connectivity index (χ4n) is 2.93. The number of allylic oxidation sites excluding steroid dienone is 2. The molecule has 0 amide bonds. The van der Waals surface area contributed by atoms with Gasteiger partial charge in [0, 0.05) is 0 Å². The lowest BCUT2D eigenvalue weighted by Gasteiger charge is -2.27. The largest absolute Gasteiger partial charge is 0.192 e. The van der Waals surface area contributed by atoms with E-state index in [1.165, 1.54) is 44.1 Å². The maximum atomic E-state index is 8.82. The Morgan fingerprint density at radius 1 is 1.16 bits per heavy atom. The molecule has 0 radical (unpaired) electrons. The minimum atomic E-state index is 0.698. The third kappa shape index (κ3) is 3.96. The van der Waals surface area contributed by atoms with Crippen LogP contribution in [0.5, 0.6) is 0 Å². The minimum Gasteiger partial charge on any atom is -0.192 e. The first-order valence-corrected chi connectivity index (χ1v) is 7.50. The van der Waals surface area contributed by atoms with Crippen molar-refractivity contribution in [3.63, 3.8) is 0 Å². The summed E-state index contributed by atoms with van der Waals surface area (Å²) in [6.45, 7) is 2.23. The number of hydrogen-bond donors (Lipinski definition) is 0. The van der Waals surface area contributed by atoms with Gasteiger partial charge in [-0.15, -0.1) is 0 Å². The summed E-state index contributed by atoms with van der Waals surface area (Å²) < 4.78 is 0. The minimum absolute atomic E-state index is 0.698. The summed E-state index contributed by atoms with van der Waals surface area (Å²) >= 11 is 0. The van der Waals surface area contributed by atoms with Gasteiger partial charge in [0.2, 0.25) is 0 Å². The third-order valence-corrected chi connectivity index (χ3v) is 4.15. The van der Waals surface area contributed by atoms with Gasteiger partial charge in [-0.2, -0.15) is 5.26 Å². The van der Waals surface area contributed by atoms with E-state index in [0.29, 0.717) is 5.92 Å². The van der Waals surface area contributed by atoms with Gasteiger partial charge >= 0.3 is 0 Å². The summed E-state index contributed by atoms with van der Waals surface area (Å²) in [6, 6.07) is 10.3. The van der Waals surface area contributed by atoms with Crippen molar-refractivity contribution in [1.82, 2.24) is 0 Å². The molecule has 1 aromatic carbocycles. The van der Waals surface area contributed by atoms with E-state index in [9.17, 15) is 0 Å². The molecule has 1 fully saturated rings. The van der Waals surface area contributed by atoms with Crippen molar-refractivity contribution in [2.45, 2.75) is 51.4 Å². The summed E-state index contributed by atoms with van der Waals surface area (Å²) in [5.41, 5.74) is 2.18.